The molecule has 10 heteroatoms. The maximum atomic E-state index is 13.4. The Morgan fingerprint density at radius 3 is 2.58 bits per heavy atom. The predicted molar refractivity (Wildman–Crippen MR) is 136 cm³/mol. The van der Waals surface area contributed by atoms with Crippen molar-refractivity contribution in [3.63, 3.8) is 0 Å². The number of piperidine rings is 1. The normalized spacial score (nSPS) is 21.4. The van der Waals surface area contributed by atoms with Crippen molar-refractivity contribution >= 4 is 34.8 Å². The van der Waals surface area contributed by atoms with E-state index in [0.29, 0.717) is 41.9 Å². The summed E-state index contributed by atoms with van der Waals surface area (Å²) >= 11 is 1.42. The van der Waals surface area contributed by atoms with Crippen molar-refractivity contribution in [3.8, 4) is 5.75 Å². The van der Waals surface area contributed by atoms with E-state index in [4.69, 9.17) is 14.2 Å². The number of hydrogen-bond acceptors (Lipinski definition) is 9. The lowest BCUT2D eigenvalue weighted by Gasteiger charge is -2.37. The molecule has 3 aliphatic heterocycles. The summed E-state index contributed by atoms with van der Waals surface area (Å²) in [7, 11) is 2.95. The molecule has 0 aliphatic carbocycles. The molecule has 0 N–H and O–H groups in total. The summed E-state index contributed by atoms with van der Waals surface area (Å²) in [6.45, 7) is 4.86. The van der Waals surface area contributed by atoms with E-state index in [9.17, 15) is 14.4 Å². The zero-order valence-electron chi connectivity index (χ0n) is 21.0. The highest BCUT2D eigenvalue weighted by Gasteiger charge is 2.41. The number of carbonyl (C=O) groups excluding carboxylic acids is 3. The molecule has 1 fully saturated rings. The highest BCUT2D eigenvalue weighted by atomic mass is 32.2. The van der Waals surface area contributed by atoms with E-state index >= 15 is 0 Å². The second kappa shape index (κ2) is 11.2. The third-order valence-electron chi connectivity index (χ3n) is 6.56. The molecule has 0 spiro atoms. The number of fused-ring (bicyclic) bond motifs is 1. The van der Waals surface area contributed by atoms with Gasteiger partial charge in [0.05, 0.1) is 50.5 Å². The minimum absolute atomic E-state index is 0.0727. The molecule has 36 heavy (non-hydrogen) atoms. The Bertz CT molecular complexity index is 1130. The second-order valence-corrected chi connectivity index (χ2v) is 9.60. The number of benzene rings is 1. The summed E-state index contributed by atoms with van der Waals surface area (Å²) in [5, 5.41) is 2.61. The number of amides is 1. The number of aliphatic imine (C=N–C) groups is 1. The van der Waals surface area contributed by atoms with Crippen LogP contribution in [0, 0.1) is 5.92 Å². The van der Waals surface area contributed by atoms with Crippen molar-refractivity contribution in [1.82, 2.24) is 9.80 Å². The van der Waals surface area contributed by atoms with Crippen LogP contribution in [0.2, 0.25) is 0 Å². The van der Waals surface area contributed by atoms with Gasteiger partial charge in [-0.1, -0.05) is 23.9 Å². The molecule has 2 atom stereocenters. The van der Waals surface area contributed by atoms with Gasteiger partial charge in [0.25, 0.3) is 0 Å². The van der Waals surface area contributed by atoms with Crippen molar-refractivity contribution in [2.24, 2.45) is 10.9 Å². The number of thioether (sulfide) groups is 1. The topological polar surface area (TPSA) is 97.7 Å². The summed E-state index contributed by atoms with van der Waals surface area (Å²) in [4.78, 5) is 46.8. The van der Waals surface area contributed by atoms with Crippen molar-refractivity contribution < 1.29 is 28.6 Å². The number of rotatable bonds is 7. The molecule has 0 radical (unpaired) electrons. The molecule has 0 saturated carbocycles. The molecular weight excluding hydrogens is 482 g/mol. The molecule has 3 heterocycles. The monoisotopic (exact) mass is 513 g/mol. The van der Waals surface area contributed by atoms with Crippen LogP contribution in [-0.2, 0) is 23.9 Å². The van der Waals surface area contributed by atoms with Crippen LogP contribution in [0.15, 0.2) is 51.6 Å². The fourth-order valence-corrected chi connectivity index (χ4v) is 5.73. The molecule has 1 saturated heterocycles. The maximum Gasteiger partial charge on any atom is 0.338 e. The Morgan fingerprint density at radius 2 is 1.92 bits per heavy atom. The van der Waals surface area contributed by atoms with Crippen molar-refractivity contribution in [1.29, 1.82) is 0 Å². The van der Waals surface area contributed by atoms with Gasteiger partial charge in [0.15, 0.2) is 5.17 Å². The van der Waals surface area contributed by atoms with Crippen LogP contribution in [0.25, 0.3) is 0 Å². The van der Waals surface area contributed by atoms with E-state index in [0.717, 1.165) is 24.1 Å². The molecule has 0 unspecified atom stereocenters. The molecule has 0 aromatic heterocycles. The summed E-state index contributed by atoms with van der Waals surface area (Å²) < 4.78 is 15.6. The third kappa shape index (κ3) is 5.13. The highest BCUT2D eigenvalue weighted by molar-refractivity contribution is 8.16. The second-order valence-electron chi connectivity index (χ2n) is 8.77. The molecule has 9 nitrogen and oxygen atoms in total. The molecule has 1 aromatic carbocycles. The lowest BCUT2D eigenvalue weighted by Crippen LogP contribution is -2.44. The fourth-order valence-electron chi connectivity index (χ4n) is 4.77. The Hall–Kier alpha value is -3.27. The third-order valence-corrected chi connectivity index (χ3v) is 7.45. The van der Waals surface area contributed by atoms with Crippen molar-refractivity contribution in [2.75, 3.05) is 33.9 Å². The molecule has 0 bridgehead atoms. The minimum Gasteiger partial charge on any atom is -0.497 e. The lowest BCUT2D eigenvalue weighted by molar-refractivity contribution is -0.151. The Labute approximate surface area is 215 Å². The first kappa shape index (κ1) is 25.8. The standard InChI is InChI=1S/C26H31N3O6S/c1-5-35-24(31)18-7-6-12-28(14-18)21(30)13-19-15-36-26-27-16(2)22(25(32)34-4)23(29(19)26)17-8-10-20(33-3)11-9-17/h8-11,15,18,23H,5-7,12-14H2,1-4H3/t18-,23-/m0/s1. The molecule has 1 aromatic rings. The summed E-state index contributed by atoms with van der Waals surface area (Å²) in [5.41, 5.74) is 2.60. The van der Waals surface area contributed by atoms with Gasteiger partial charge in [-0.2, -0.15) is 0 Å². The molecule has 1 amide bonds. The first-order chi connectivity index (χ1) is 17.4. The summed E-state index contributed by atoms with van der Waals surface area (Å²) in [6.07, 6.45) is 1.60. The molecular formula is C26H31N3O6S. The van der Waals surface area contributed by atoms with E-state index < -0.39 is 12.0 Å². The van der Waals surface area contributed by atoms with Crippen LogP contribution >= 0.6 is 11.8 Å². The number of allylic oxidation sites excluding steroid dienone is 1. The Kier molecular flexibility index (Phi) is 8.03. The van der Waals surface area contributed by atoms with Crippen LogP contribution in [0.3, 0.4) is 0 Å². The van der Waals surface area contributed by atoms with Crippen LogP contribution in [-0.4, -0.2) is 66.7 Å². The van der Waals surface area contributed by atoms with E-state index in [1.165, 1.54) is 18.9 Å². The average molecular weight is 514 g/mol. The largest absolute Gasteiger partial charge is 0.497 e. The van der Waals surface area contributed by atoms with Gasteiger partial charge in [-0.15, -0.1) is 0 Å². The number of nitrogens with zero attached hydrogens (tertiary/aromatic N) is 3. The zero-order valence-corrected chi connectivity index (χ0v) is 21.8. The van der Waals surface area contributed by atoms with E-state index in [1.807, 2.05) is 34.6 Å². The summed E-state index contributed by atoms with van der Waals surface area (Å²) in [6, 6.07) is 6.98. The quantitative estimate of drug-likeness (QED) is 0.510. The Morgan fingerprint density at radius 1 is 1.17 bits per heavy atom. The van der Waals surface area contributed by atoms with Gasteiger partial charge in [0.2, 0.25) is 5.91 Å². The molecule has 3 aliphatic rings. The van der Waals surface area contributed by atoms with Crippen molar-refractivity contribution in [3.05, 3.63) is 52.2 Å². The lowest BCUT2D eigenvalue weighted by atomic mass is 9.93. The average Bonchev–Trinajstić information content (AvgIpc) is 3.29. The Balaban J connectivity index is 1.60. The molecule has 192 valence electrons. The van der Waals surface area contributed by atoms with Gasteiger partial charge >= 0.3 is 11.9 Å². The zero-order chi connectivity index (χ0) is 25.8. The van der Waals surface area contributed by atoms with Crippen LogP contribution in [0.4, 0.5) is 0 Å². The van der Waals surface area contributed by atoms with Crippen LogP contribution < -0.4 is 4.74 Å². The first-order valence-corrected chi connectivity index (χ1v) is 12.9. The highest BCUT2D eigenvalue weighted by Crippen LogP contribution is 2.45. The summed E-state index contributed by atoms with van der Waals surface area (Å²) in [5.74, 6) is -0.389. The number of amidine groups is 1. The van der Waals surface area contributed by atoms with Crippen LogP contribution in [0.5, 0.6) is 5.75 Å². The van der Waals surface area contributed by atoms with Crippen LogP contribution in [0.1, 0.15) is 44.7 Å². The smallest absolute Gasteiger partial charge is 0.338 e. The van der Waals surface area contributed by atoms with Gasteiger partial charge in [0, 0.05) is 18.8 Å². The number of ether oxygens (including phenoxy) is 3. The van der Waals surface area contributed by atoms with Gasteiger partial charge < -0.3 is 24.0 Å². The van der Waals surface area contributed by atoms with Gasteiger partial charge in [-0.05, 0) is 49.8 Å². The number of esters is 2. The number of hydrogen-bond donors (Lipinski definition) is 0. The number of methoxy groups -OCH3 is 2. The van der Waals surface area contributed by atoms with E-state index in [-0.39, 0.29) is 24.2 Å². The maximum absolute atomic E-state index is 13.4. The molecule has 4 rings (SSSR count). The van der Waals surface area contributed by atoms with Gasteiger partial charge in [-0.3, -0.25) is 9.59 Å². The van der Waals surface area contributed by atoms with E-state index in [1.54, 1.807) is 25.9 Å². The first-order valence-electron chi connectivity index (χ1n) is 12.0. The predicted octanol–water partition coefficient (Wildman–Crippen LogP) is 3.63. The fraction of sp³-hybridized carbons (Fsp3) is 0.462. The van der Waals surface area contributed by atoms with Gasteiger partial charge in [-0.25, -0.2) is 9.79 Å². The van der Waals surface area contributed by atoms with Gasteiger partial charge in [0.1, 0.15) is 5.75 Å². The number of likely N-dealkylation sites (tertiary alicyclic amines) is 1. The van der Waals surface area contributed by atoms with E-state index in [2.05, 4.69) is 4.99 Å². The minimum atomic E-state index is -0.501. The van der Waals surface area contributed by atoms with Crippen molar-refractivity contribution in [2.45, 2.75) is 39.2 Å². The SMILES string of the molecule is CCOC(=O)[C@H]1CCCN(C(=O)CC2=CSC3=NC(C)=C(C(=O)OC)[C@H](c4ccc(OC)cc4)N23)C1. The number of carbonyl (C=O) groups is 3.